The number of hydrogen-bond acceptors (Lipinski definition) is 4. The highest BCUT2D eigenvalue weighted by Gasteiger charge is 2.38. The van der Waals surface area contributed by atoms with E-state index in [4.69, 9.17) is 0 Å². The van der Waals surface area contributed by atoms with Gasteiger partial charge in [0, 0.05) is 6.26 Å². The number of benzene rings is 1. The summed E-state index contributed by atoms with van der Waals surface area (Å²) >= 11 is 0. The van der Waals surface area contributed by atoms with Crippen molar-refractivity contribution in [3.05, 3.63) is 35.4 Å². The summed E-state index contributed by atoms with van der Waals surface area (Å²) in [4.78, 5) is 11.6. The number of carbonyl (C=O) groups is 1. The highest BCUT2D eigenvalue weighted by atomic mass is 32.2. The van der Waals surface area contributed by atoms with Gasteiger partial charge in [0.2, 0.25) is 0 Å². The summed E-state index contributed by atoms with van der Waals surface area (Å²) in [7, 11) is -2.66. The van der Waals surface area contributed by atoms with Gasteiger partial charge in [-0.15, -0.1) is 0 Å². The molecule has 0 N–H and O–H groups in total. The molecule has 0 amide bonds. The van der Waals surface area contributed by atoms with Gasteiger partial charge >= 0.3 is 12.1 Å². The average Bonchev–Trinajstić information content (AvgIpc) is 2.33. The molecule has 0 aromatic heterocycles. The SMILES string of the molecule is COC(=O)C(CS(C)(=O)=O)c1ccccc1C(F)(F)F. The Morgan fingerprint density at radius 2 is 1.85 bits per heavy atom. The van der Waals surface area contributed by atoms with E-state index in [9.17, 15) is 26.4 Å². The predicted molar refractivity (Wildman–Crippen MR) is 65.9 cm³/mol. The van der Waals surface area contributed by atoms with Crippen molar-refractivity contribution in [2.45, 2.75) is 12.1 Å². The van der Waals surface area contributed by atoms with Crippen LogP contribution in [0.25, 0.3) is 0 Å². The van der Waals surface area contributed by atoms with Crippen molar-refractivity contribution in [1.82, 2.24) is 0 Å². The molecule has 1 aromatic rings. The summed E-state index contributed by atoms with van der Waals surface area (Å²) in [6.07, 6.45) is -3.83. The van der Waals surface area contributed by atoms with Crippen molar-refractivity contribution in [2.24, 2.45) is 0 Å². The van der Waals surface area contributed by atoms with Crippen LogP contribution in [0.5, 0.6) is 0 Å². The van der Waals surface area contributed by atoms with Crippen molar-refractivity contribution in [2.75, 3.05) is 19.1 Å². The molecular weight excluding hydrogens is 297 g/mol. The lowest BCUT2D eigenvalue weighted by atomic mass is 9.95. The number of rotatable bonds is 4. The molecule has 0 aliphatic rings. The molecule has 8 heteroatoms. The van der Waals surface area contributed by atoms with Crippen LogP contribution in [0, 0.1) is 0 Å². The van der Waals surface area contributed by atoms with Gasteiger partial charge in [0.05, 0.1) is 24.3 Å². The second-order valence-electron chi connectivity index (χ2n) is 4.25. The van der Waals surface area contributed by atoms with E-state index in [1.807, 2.05) is 0 Å². The fourth-order valence-corrected chi connectivity index (χ4v) is 2.71. The normalized spacial score (nSPS) is 13.8. The molecule has 4 nitrogen and oxygen atoms in total. The number of ether oxygens (including phenoxy) is 1. The van der Waals surface area contributed by atoms with Gasteiger partial charge in [-0.25, -0.2) is 8.42 Å². The van der Waals surface area contributed by atoms with E-state index in [1.54, 1.807) is 0 Å². The van der Waals surface area contributed by atoms with E-state index in [1.165, 1.54) is 12.1 Å². The Morgan fingerprint density at radius 3 is 2.30 bits per heavy atom. The lowest BCUT2D eigenvalue weighted by Gasteiger charge is -2.19. The van der Waals surface area contributed by atoms with Crippen LogP contribution in [0.1, 0.15) is 17.0 Å². The fourth-order valence-electron chi connectivity index (χ4n) is 1.79. The zero-order valence-electron chi connectivity index (χ0n) is 10.8. The number of alkyl halides is 3. The van der Waals surface area contributed by atoms with Crippen LogP contribution in [0.3, 0.4) is 0 Å². The van der Waals surface area contributed by atoms with Gasteiger partial charge in [0.15, 0.2) is 0 Å². The first-order chi connectivity index (χ1) is 9.06. The van der Waals surface area contributed by atoms with Crippen molar-refractivity contribution in [1.29, 1.82) is 0 Å². The topological polar surface area (TPSA) is 60.4 Å². The number of hydrogen-bond donors (Lipinski definition) is 0. The highest BCUT2D eigenvalue weighted by molar-refractivity contribution is 7.90. The number of carbonyl (C=O) groups excluding carboxylic acids is 1. The maximum absolute atomic E-state index is 12.9. The van der Waals surface area contributed by atoms with E-state index < -0.39 is 44.8 Å². The first-order valence-electron chi connectivity index (χ1n) is 5.48. The maximum atomic E-state index is 12.9. The van der Waals surface area contributed by atoms with Gasteiger partial charge < -0.3 is 4.74 Å². The van der Waals surface area contributed by atoms with E-state index in [2.05, 4.69) is 4.74 Å². The molecule has 0 bridgehead atoms. The minimum atomic E-state index is -4.68. The summed E-state index contributed by atoms with van der Waals surface area (Å²) in [5.41, 5.74) is -1.45. The Morgan fingerprint density at radius 1 is 1.30 bits per heavy atom. The first-order valence-corrected chi connectivity index (χ1v) is 7.54. The van der Waals surface area contributed by atoms with Crippen LogP contribution in [0.15, 0.2) is 24.3 Å². The summed E-state index contributed by atoms with van der Waals surface area (Å²) in [5.74, 6) is -3.27. The van der Waals surface area contributed by atoms with Gasteiger partial charge in [-0.3, -0.25) is 4.79 Å². The van der Waals surface area contributed by atoms with Crippen molar-refractivity contribution in [3.63, 3.8) is 0 Å². The summed E-state index contributed by atoms with van der Waals surface area (Å²) in [6, 6.07) is 4.35. The quantitative estimate of drug-likeness (QED) is 0.798. The Hall–Kier alpha value is -1.57. The van der Waals surface area contributed by atoms with Crippen LogP contribution in [0.2, 0.25) is 0 Å². The van der Waals surface area contributed by atoms with Crippen LogP contribution in [-0.2, 0) is 25.5 Å². The zero-order valence-corrected chi connectivity index (χ0v) is 11.6. The second kappa shape index (κ2) is 5.82. The van der Waals surface area contributed by atoms with Crippen LogP contribution >= 0.6 is 0 Å². The molecule has 1 rings (SSSR count). The summed E-state index contributed by atoms with van der Waals surface area (Å²) < 4.78 is 65.7. The zero-order chi connectivity index (χ0) is 15.6. The third-order valence-electron chi connectivity index (χ3n) is 2.60. The molecule has 0 saturated heterocycles. The molecule has 1 unspecified atom stereocenters. The lowest BCUT2D eigenvalue weighted by Crippen LogP contribution is -2.25. The third-order valence-corrected chi connectivity index (χ3v) is 3.54. The van der Waals surface area contributed by atoms with Crippen LogP contribution in [0.4, 0.5) is 13.2 Å². The fraction of sp³-hybridized carbons (Fsp3) is 0.417. The minimum Gasteiger partial charge on any atom is -0.469 e. The Kier molecular flexibility index (Phi) is 4.80. The molecule has 0 heterocycles. The molecule has 1 aromatic carbocycles. The summed E-state index contributed by atoms with van der Waals surface area (Å²) in [6.45, 7) is 0. The van der Waals surface area contributed by atoms with Crippen molar-refractivity contribution >= 4 is 15.8 Å². The van der Waals surface area contributed by atoms with Gasteiger partial charge in [-0.1, -0.05) is 18.2 Å². The number of halogens is 3. The third kappa shape index (κ3) is 4.22. The maximum Gasteiger partial charge on any atom is 0.416 e. The largest absolute Gasteiger partial charge is 0.469 e. The van der Waals surface area contributed by atoms with Gasteiger partial charge in [-0.05, 0) is 11.6 Å². The number of methoxy groups -OCH3 is 1. The first kappa shape index (κ1) is 16.5. The molecule has 20 heavy (non-hydrogen) atoms. The summed E-state index contributed by atoms with van der Waals surface area (Å²) in [5, 5.41) is 0. The predicted octanol–water partition coefficient (Wildman–Crippen LogP) is 2.01. The molecule has 0 saturated carbocycles. The molecular formula is C12H13F3O4S. The van der Waals surface area contributed by atoms with Gasteiger partial charge in [-0.2, -0.15) is 13.2 Å². The standard InChI is InChI=1S/C12H13F3O4S/c1-19-11(16)9(7-20(2,17)18)8-5-3-4-6-10(8)12(13,14)15/h3-6,9H,7H2,1-2H3. The van der Waals surface area contributed by atoms with E-state index in [-0.39, 0.29) is 0 Å². The molecule has 0 aliphatic heterocycles. The Labute approximate surface area is 114 Å². The van der Waals surface area contributed by atoms with Gasteiger partial charge in [0.1, 0.15) is 9.84 Å². The Balaban J connectivity index is 3.39. The molecule has 0 radical (unpaired) electrons. The van der Waals surface area contributed by atoms with Crippen LogP contribution in [-0.4, -0.2) is 33.5 Å². The van der Waals surface area contributed by atoms with E-state index in [0.29, 0.717) is 0 Å². The molecule has 1 atom stereocenters. The second-order valence-corrected chi connectivity index (χ2v) is 6.44. The number of esters is 1. The molecule has 0 spiro atoms. The van der Waals surface area contributed by atoms with Crippen molar-refractivity contribution in [3.8, 4) is 0 Å². The molecule has 0 aliphatic carbocycles. The monoisotopic (exact) mass is 310 g/mol. The van der Waals surface area contributed by atoms with E-state index in [0.717, 1.165) is 25.5 Å². The molecule has 112 valence electrons. The smallest absolute Gasteiger partial charge is 0.416 e. The van der Waals surface area contributed by atoms with Gasteiger partial charge in [0.25, 0.3) is 0 Å². The van der Waals surface area contributed by atoms with Crippen molar-refractivity contribution < 1.29 is 31.1 Å². The minimum absolute atomic E-state index is 0.405. The highest BCUT2D eigenvalue weighted by Crippen LogP contribution is 2.35. The lowest BCUT2D eigenvalue weighted by molar-refractivity contribution is -0.143. The average molecular weight is 310 g/mol. The number of sulfone groups is 1. The van der Waals surface area contributed by atoms with E-state index >= 15 is 0 Å². The molecule has 0 fully saturated rings. The van der Waals surface area contributed by atoms with Crippen LogP contribution < -0.4 is 0 Å². The Bertz CT molecular complexity index is 593.